The predicted octanol–water partition coefficient (Wildman–Crippen LogP) is 1.40. The molecule has 0 amide bonds. The van der Waals surface area contributed by atoms with Crippen LogP contribution in [0.1, 0.15) is 50.2 Å². The molecule has 2 aliphatic heterocycles. The van der Waals surface area contributed by atoms with Crippen molar-refractivity contribution in [1.82, 2.24) is 4.90 Å². The first-order valence-electron chi connectivity index (χ1n) is 11.9. The third kappa shape index (κ3) is 3.34. The van der Waals surface area contributed by atoms with E-state index in [0.717, 1.165) is 11.1 Å². The summed E-state index contributed by atoms with van der Waals surface area (Å²) in [5, 5.41) is 31.6. The first-order chi connectivity index (χ1) is 16.6. The number of likely N-dealkylation sites (tertiary alicyclic amines) is 1. The zero-order valence-corrected chi connectivity index (χ0v) is 19.7. The van der Waals surface area contributed by atoms with Gasteiger partial charge in [0.25, 0.3) is 0 Å². The fourth-order valence-corrected chi connectivity index (χ4v) is 6.35. The molecular formula is C25H29NO9. The molecule has 0 radical (unpaired) electrons. The number of phenolic OH excluding ortho intramolecular Hbond substituents is 1. The van der Waals surface area contributed by atoms with Crippen molar-refractivity contribution < 1.29 is 43.9 Å². The van der Waals surface area contributed by atoms with Gasteiger partial charge in [-0.25, -0.2) is 4.79 Å². The number of piperidine rings is 1. The number of phenols is 1. The van der Waals surface area contributed by atoms with Gasteiger partial charge in [-0.2, -0.15) is 0 Å². The average molecular weight is 488 g/mol. The van der Waals surface area contributed by atoms with E-state index < -0.39 is 41.1 Å². The molecule has 35 heavy (non-hydrogen) atoms. The molecule has 188 valence electrons. The summed E-state index contributed by atoms with van der Waals surface area (Å²) in [5.74, 6) is -2.19. The zero-order valence-electron chi connectivity index (χ0n) is 19.7. The molecule has 3 N–H and O–H groups in total. The number of hydrogen-bond acceptors (Lipinski definition) is 9. The second kappa shape index (κ2) is 8.23. The Hall–Kier alpha value is -3.11. The van der Waals surface area contributed by atoms with Gasteiger partial charge in [0.2, 0.25) is 0 Å². The van der Waals surface area contributed by atoms with Crippen LogP contribution in [0.2, 0.25) is 0 Å². The minimum absolute atomic E-state index is 0.0235. The molecule has 2 heterocycles. The van der Waals surface area contributed by atoms with Gasteiger partial charge in [0.05, 0.1) is 23.9 Å². The fraction of sp³-hybridized carbons (Fsp3) is 0.560. The maximum Gasteiger partial charge on any atom is 0.345 e. The zero-order chi connectivity index (χ0) is 25.1. The molecule has 5 atom stereocenters. The molecule has 2 bridgehead atoms. The summed E-state index contributed by atoms with van der Waals surface area (Å²) in [4.78, 5) is 37.8. The Morgan fingerprint density at radius 1 is 1.26 bits per heavy atom. The molecule has 1 aromatic rings. The van der Waals surface area contributed by atoms with Crippen molar-refractivity contribution in [2.24, 2.45) is 0 Å². The number of carbonyl (C=O) groups is 3. The summed E-state index contributed by atoms with van der Waals surface area (Å²) in [6, 6.07) is 3.29. The predicted molar refractivity (Wildman–Crippen MR) is 120 cm³/mol. The van der Waals surface area contributed by atoms with Gasteiger partial charge in [-0.05, 0) is 50.6 Å². The van der Waals surface area contributed by atoms with E-state index in [-0.39, 0.29) is 43.2 Å². The number of ether oxygens (including phenoxy) is 3. The summed E-state index contributed by atoms with van der Waals surface area (Å²) in [7, 11) is 1.98. The van der Waals surface area contributed by atoms with E-state index in [1.54, 1.807) is 19.1 Å². The second-order valence-corrected chi connectivity index (χ2v) is 9.80. The molecule has 5 rings (SSSR count). The number of carboxylic acids is 1. The van der Waals surface area contributed by atoms with Crippen LogP contribution >= 0.6 is 0 Å². The Morgan fingerprint density at radius 2 is 2.00 bits per heavy atom. The van der Waals surface area contributed by atoms with Crippen LogP contribution in [0.15, 0.2) is 24.0 Å². The number of aliphatic carboxylic acids is 1. The molecule has 0 aromatic heterocycles. The Labute approximate surface area is 202 Å². The Morgan fingerprint density at radius 3 is 2.71 bits per heavy atom. The smallest absolute Gasteiger partial charge is 0.345 e. The van der Waals surface area contributed by atoms with Crippen molar-refractivity contribution in [3.05, 3.63) is 35.1 Å². The highest BCUT2D eigenvalue weighted by atomic mass is 16.6. The van der Waals surface area contributed by atoms with Crippen LogP contribution in [0, 0.1) is 0 Å². The van der Waals surface area contributed by atoms with E-state index in [2.05, 4.69) is 4.90 Å². The third-order valence-corrected chi connectivity index (χ3v) is 8.04. The maximum absolute atomic E-state index is 12.6. The Balaban J connectivity index is 1.38. The quantitative estimate of drug-likeness (QED) is 0.483. The molecule has 10 nitrogen and oxygen atoms in total. The fourth-order valence-electron chi connectivity index (χ4n) is 6.35. The number of benzene rings is 1. The molecule has 0 saturated carbocycles. The van der Waals surface area contributed by atoms with Gasteiger partial charge < -0.3 is 34.4 Å². The van der Waals surface area contributed by atoms with E-state index in [1.807, 2.05) is 13.1 Å². The standard InChI is InChI=1S/C25H29NO9/c1-3-15(23(30)31)33-18(28)6-7-19(29)34-16-8-9-25(32)17-12-13-4-5-14(27)21-20(13)24(25,22(16)35-21)10-11-26(17)2/h4-5,8,15,17,22,27,32H,3,6-7,9-12H2,1-2H3,(H,30,31)/t15-,17+,22?,24?,25+/m0/s1. The van der Waals surface area contributed by atoms with Gasteiger partial charge in [0.15, 0.2) is 23.7 Å². The molecule has 1 saturated heterocycles. The first kappa shape index (κ1) is 23.6. The van der Waals surface area contributed by atoms with Gasteiger partial charge in [0, 0.05) is 18.0 Å². The summed E-state index contributed by atoms with van der Waals surface area (Å²) in [6.45, 7) is 2.29. The maximum atomic E-state index is 12.6. The number of aromatic hydroxyl groups is 1. The van der Waals surface area contributed by atoms with Crippen molar-refractivity contribution in [2.45, 2.75) is 74.7 Å². The topological polar surface area (TPSA) is 143 Å². The van der Waals surface area contributed by atoms with Crippen LogP contribution in [0.25, 0.3) is 0 Å². The van der Waals surface area contributed by atoms with Crippen molar-refractivity contribution in [2.75, 3.05) is 13.6 Å². The van der Waals surface area contributed by atoms with Gasteiger partial charge >= 0.3 is 17.9 Å². The monoisotopic (exact) mass is 487 g/mol. The molecule has 2 unspecified atom stereocenters. The molecule has 10 heteroatoms. The van der Waals surface area contributed by atoms with Crippen molar-refractivity contribution >= 4 is 17.9 Å². The number of hydrogen-bond donors (Lipinski definition) is 3. The van der Waals surface area contributed by atoms with E-state index in [4.69, 9.17) is 19.3 Å². The normalized spacial score (nSPS) is 31.0. The van der Waals surface area contributed by atoms with Crippen LogP contribution in [-0.2, 0) is 35.7 Å². The molecule has 1 spiro atoms. The molecule has 1 fully saturated rings. The molecule has 2 aliphatic carbocycles. The highest BCUT2D eigenvalue weighted by Crippen LogP contribution is 2.65. The summed E-state index contributed by atoms with van der Waals surface area (Å²) >= 11 is 0. The van der Waals surface area contributed by atoms with E-state index >= 15 is 0 Å². The highest BCUT2D eigenvalue weighted by molar-refractivity contribution is 5.81. The van der Waals surface area contributed by atoms with Crippen LogP contribution < -0.4 is 4.74 Å². The molecular weight excluding hydrogens is 458 g/mol. The number of nitrogens with zero attached hydrogens (tertiary/aromatic N) is 1. The average Bonchev–Trinajstić information content (AvgIpc) is 3.18. The van der Waals surface area contributed by atoms with Crippen molar-refractivity contribution in [1.29, 1.82) is 0 Å². The number of aliphatic hydroxyl groups is 1. The van der Waals surface area contributed by atoms with E-state index in [9.17, 15) is 24.6 Å². The lowest BCUT2D eigenvalue weighted by Crippen LogP contribution is -2.74. The van der Waals surface area contributed by atoms with Gasteiger partial charge in [-0.3, -0.25) is 9.59 Å². The lowest BCUT2D eigenvalue weighted by molar-refractivity contribution is -0.170. The SMILES string of the molecule is CC[C@H](OC(=O)CCC(=O)OC1=CC[C@@]2(O)[C@H]3Cc4ccc(O)c5c4C2(CCN3C)C1O5)C(=O)O. The number of rotatable bonds is 7. The van der Waals surface area contributed by atoms with Gasteiger partial charge in [-0.1, -0.05) is 13.0 Å². The van der Waals surface area contributed by atoms with E-state index in [0.29, 0.717) is 25.1 Å². The highest BCUT2D eigenvalue weighted by Gasteiger charge is 2.72. The van der Waals surface area contributed by atoms with Crippen LogP contribution in [0.5, 0.6) is 11.5 Å². The van der Waals surface area contributed by atoms with Crippen molar-refractivity contribution in [3.63, 3.8) is 0 Å². The molecule has 4 aliphatic rings. The number of carbonyl (C=O) groups excluding carboxylic acids is 2. The Kier molecular flexibility index (Phi) is 5.56. The number of carboxylic acid groups (broad SMARTS) is 1. The molecule has 1 aromatic carbocycles. The largest absolute Gasteiger partial charge is 0.504 e. The minimum Gasteiger partial charge on any atom is -0.504 e. The number of esters is 2. The van der Waals surface area contributed by atoms with E-state index in [1.165, 1.54) is 0 Å². The summed E-state index contributed by atoms with van der Waals surface area (Å²) in [5.41, 5.74) is -0.243. The first-order valence-corrected chi connectivity index (χ1v) is 11.9. The minimum atomic E-state index is -1.26. The van der Waals surface area contributed by atoms with Crippen molar-refractivity contribution in [3.8, 4) is 11.5 Å². The Bertz CT molecular complexity index is 1130. The summed E-state index contributed by atoms with van der Waals surface area (Å²) < 4.78 is 16.7. The van der Waals surface area contributed by atoms with Crippen LogP contribution in [-0.4, -0.2) is 75.6 Å². The lowest BCUT2D eigenvalue weighted by Gasteiger charge is -2.61. The second-order valence-electron chi connectivity index (χ2n) is 9.80. The van der Waals surface area contributed by atoms with Crippen LogP contribution in [0.3, 0.4) is 0 Å². The van der Waals surface area contributed by atoms with Gasteiger partial charge in [-0.15, -0.1) is 0 Å². The third-order valence-electron chi connectivity index (χ3n) is 8.04. The summed E-state index contributed by atoms with van der Waals surface area (Å²) in [6.07, 6.45) is 0.523. The van der Waals surface area contributed by atoms with Crippen LogP contribution in [0.4, 0.5) is 0 Å². The number of likely N-dealkylation sites (N-methyl/N-ethyl adjacent to an activating group) is 1. The lowest BCUT2D eigenvalue weighted by atomic mass is 9.50. The van der Waals surface area contributed by atoms with Gasteiger partial charge in [0.1, 0.15) is 5.76 Å².